The Bertz CT molecular complexity index is 624. The summed E-state index contributed by atoms with van der Waals surface area (Å²) in [7, 11) is 1.59. The summed E-state index contributed by atoms with van der Waals surface area (Å²) in [6.07, 6.45) is 4.97. The Kier molecular flexibility index (Phi) is 8.18. The molecule has 1 fully saturated rings. The molecule has 6 heteroatoms. The summed E-state index contributed by atoms with van der Waals surface area (Å²) in [6.45, 7) is 10.1. The highest BCUT2D eigenvalue weighted by Crippen LogP contribution is 2.28. The Morgan fingerprint density at radius 2 is 2.15 bits per heavy atom. The molecule has 1 atom stereocenters. The zero-order valence-electron chi connectivity index (χ0n) is 15.6. The van der Waals surface area contributed by atoms with Gasteiger partial charge in [0.05, 0.1) is 20.3 Å². The number of carbonyl (C=O) groups is 1. The lowest BCUT2D eigenvalue weighted by atomic mass is 10.2. The Hall–Kier alpha value is -2.31. The van der Waals surface area contributed by atoms with E-state index in [1.165, 1.54) is 6.08 Å². The summed E-state index contributed by atoms with van der Waals surface area (Å²) in [5.41, 5.74) is 0.865. The van der Waals surface area contributed by atoms with Crippen LogP contribution in [-0.2, 0) is 9.53 Å². The van der Waals surface area contributed by atoms with Crippen molar-refractivity contribution in [3.05, 3.63) is 42.5 Å². The van der Waals surface area contributed by atoms with Crippen LogP contribution in [0.15, 0.2) is 36.9 Å². The van der Waals surface area contributed by atoms with Gasteiger partial charge in [0.25, 0.3) is 0 Å². The zero-order valence-corrected chi connectivity index (χ0v) is 15.6. The molecule has 1 aliphatic heterocycles. The fourth-order valence-corrected chi connectivity index (χ4v) is 2.68. The first-order valence-corrected chi connectivity index (χ1v) is 8.83. The minimum Gasteiger partial charge on any atom is -0.493 e. The van der Waals surface area contributed by atoms with Crippen LogP contribution in [0.4, 0.5) is 0 Å². The SMILES string of the molecule is C=CCOc1ccc(/C=C/C(=O)NCC(C)N2CCOCC2)cc1OC. The topological polar surface area (TPSA) is 60.0 Å². The van der Waals surface area contributed by atoms with Crippen LogP contribution in [0, 0.1) is 0 Å². The summed E-state index contributed by atoms with van der Waals surface area (Å²) < 4.78 is 16.2. The fraction of sp³-hybridized carbons (Fsp3) is 0.450. The Labute approximate surface area is 155 Å². The van der Waals surface area contributed by atoms with E-state index in [9.17, 15) is 4.79 Å². The van der Waals surface area contributed by atoms with Gasteiger partial charge in [0, 0.05) is 31.8 Å². The van der Waals surface area contributed by atoms with Crippen molar-refractivity contribution in [2.45, 2.75) is 13.0 Å². The molecule has 1 aromatic rings. The predicted molar refractivity (Wildman–Crippen MR) is 103 cm³/mol. The molecule has 1 aliphatic rings. The molecule has 1 N–H and O–H groups in total. The quantitative estimate of drug-likeness (QED) is 0.540. The monoisotopic (exact) mass is 360 g/mol. The van der Waals surface area contributed by atoms with Crippen LogP contribution < -0.4 is 14.8 Å². The molecule has 26 heavy (non-hydrogen) atoms. The smallest absolute Gasteiger partial charge is 0.244 e. The first-order chi connectivity index (χ1) is 12.6. The van der Waals surface area contributed by atoms with Crippen LogP contribution >= 0.6 is 0 Å². The van der Waals surface area contributed by atoms with E-state index in [1.54, 1.807) is 19.3 Å². The second-order valence-electron chi connectivity index (χ2n) is 6.09. The second kappa shape index (κ2) is 10.6. The standard InChI is InChI=1S/C20H28N2O4/c1-4-11-26-18-7-5-17(14-19(18)24-3)6-8-20(23)21-15-16(2)22-9-12-25-13-10-22/h4-8,14,16H,1,9-13,15H2,2-3H3,(H,21,23)/b8-6+. The van der Waals surface area contributed by atoms with Crippen molar-refractivity contribution in [3.63, 3.8) is 0 Å². The van der Waals surface area contributed by atoms with Gasteiger partial charge >= 0.3 is 0 Å². The number of hydrogen-bond donors (Lipinski definition) is 1. The van der Waals surface area contributed by atoms with Gasteiger partial charge in [-0.2, -0.15) is 0 Å². The predicted octanol–water partition coefficient (Wildman–Crippen LogP) is 2.11. The molecule has 6 nitrogen and oxygen atoms in total. The first-order valence-electron chi connectivity index (χ1n) is 8.83. The number of methoxy groups -OCH3 is 1. The average molecular weight is 360 g/mol. The first kappa shape index (κ1) is 20.0. The number of morpholine rings is 1. The molecule has 1 unspecified atom stereocenters. The molecule has 1 aromatic carbocycles. The van der Waals surface area contributed by atoms with Gasteiger partial charge in [0.2, 0.25) is 5.91 Å². The Balaban J connectivity index is 1.85. The van der Waals surface area contributed by atoms with E-state index < -0.39 is 0 Å². The number of ether oxygens (including phenoxy) is 3. The van der Waals surface area contributed by atoms with E-state index in [1.807, 2.05) is 18.2 Å². The second-order valence-corrected chi connectivity index (χ2v) is 6.09. The molecule has 0 radical (unpaired) electrons. The number of hydrogen-bond acceptors (Lipinski definition) is 5. The van der Waals surface area contributed by atoms with E-state index in [4.69, 9.17) is 14.2 Å². The van der Waals surface area contributed by atoms with Crippen LogP contribution in [0.25, 0.3) is 6.08 Å². The molecular weight excluding hydrogens is 332 g/mol. The van der Waals surface area contributed by atoms with Crippen molar-refractivity contribution in [2.24, 2.45) is 0 Å². The van der Waals surface area contributed by atoms with Crippen molar-refractivity contribution in [1.82, 2.24) is 10.2 Å². The molecule has 0 bridgehead atoms. The maximum Gasteiger partial charge on any atom is 0.244 e. The van der Waals surface area contributed by atoms with Gasteiger partial charge in [0.1, 0.15) is 6.61 Å². The molecule has 2 rings (SSSR count). The van der Waals surface area contributed by atoms with Gasteiger partial charge in [0.15, 0.2) is 11.5 Å². The highest BCUT2D eigenvalue weighted by molar-refractivity contribution is 5.91. The van der Waals surface area contributed by atoms with Crippen LogP contribution in [0.3, 0.4) is 0 Å². The maximum absolute atomic E-state index is 12.1. The fourth-order valence-electron chi connectivity index (χ4n) is 2.68. The number of rotatable bonds is 9. The van der Waals surface area contributed by atoms with E-state index in [-0.39, 0.29) is 11.9 Å². The van der Waals surface area contributed by atoms with Crippen molar-refractivity contribution in [1.29, 1.82) is 0 Å². The molecule has 142 valence electrons. The van der Waals surface area contributed by atoms with Crippen molar-refractivity contribution in [3.8, 4) is 11.5 Å². The van der Waals surface area contributed by atoms with Crippen LogP contribution in [0.2, 0.25) is 0 Å². The van der Waals surface area contributed by atoms with Crippen molar-refractivity contribution < 1.29 is 19.0 Å². The minimum atomic E-state index is -0.115. The molecule has 1 amide bonds. The maximum atomic E-state index is 12.1. The van der Waals surface area contributed by atoms with Gasteiger partial charge in [-0.15, -0.1) is 0 Å². The molecule has 1 saturated heterocycles. The Morgan fingerprint density at radius 1 is 1.38 bits per heavy atom. The summed E-state index contributed by atoms with van der Waals surface area (Å²) in [6, 6.07) is 5.82. The molecule has 0 spiro atoms. The molecule has 0 aromatic heterocycles. The van der Waals surface area contributed by atoms with Gasteiger partial charge in [-0.1, -0.05) is 18.7 Å². The number of carbonyl (C=O) groups excluding carboxylic acids is 1. The van der Waals surface area contributed by atoms with Crippen LogP contribution in [0.5, 0.6) is 11.5 Å². The number of benzene rings is 1. The van der Waals surface area contributed by atoms with E-state index in [0.717, 1.165) is 31.9 Å². The number of amides is 1. The van der Waals surface area contributed by atoms with Gasteiger partial charge < -0.3 is 19.5 Å². The minimum absolute atomic E-state index is 0.115. The van der Waals surface area contributed by atoms with E-state index in [0.29, 0.717) is 24.7 Å². The third-order valence-corrected chi connectivity index (χ3v) is 4.21. The van der Waals surface area contributed by atoms with E-state index >= 15 is 0 Å². The number of nitrogens with one attached hydrogen (secondary N) is 1. The third kappa shape index (κ3) is 6.20. The molecule has 0 saturated carbocycles. The van der Waals surface area contributed by atoms with Crippen molar-refractivity contribution >= 4 is 12.0 Å². The lowest BCUT2D eigenvalue weighted by Gasteiger charge is -2.32. The highest BCUT2D eigenvalue weighted by atomic mass is 16.5. The Morgan fingerprint density at radius 3 is 2.85 bits per heavy atom. The summed E-state index contributed by atoms with van der Waals surface area (Å²) in [4.78, 5) is 14.4. The number of nitrogens with zero attached hydrogens (tertiary/aromatic N) is 1. The molecule has 0 aliphatic carbocycles. The third-order valence-electron chi connectivity index (χ3n) is 4.21. The lowest BCUT2D eigenvalue weighted by Crippen LogP contribution is -2.47. The summed E-state index contributed by atoms with van der Waals surface area (Å²) >= 11 is 0. The summed E-state index contributed by atoms with van der Waals surface area (Å²) in [5, 5.41) is 2.94. The zero-order chi connectivity index (χ0) is 18.8. The van der Waals surface area contributed by atoms with Gasteiger partial charge in [-0.25, -0.2) is 0 Å². The molecule has 1 heterocycles. The lowest BCUT2D eigenvalue weighted by molar-refractivity contribution is -0.116. The largest absolute Gasteiger partial charge is 0.493 e. The van der Waals surface area contributed by atoms with Gasteiger partial charge in [-0.05, 0) is 30.7 Å². The van der Waals surface area contributed by atoms with E-state index in [2.05, 4.69) is 23.7 Å². The van der Waals surface area contributed by atoms with Crippen LogP contribution in [-0.4, -0.2) is 63.4 Å². The molecular formula is C20H28N2O4. The van der Waals surface area contributed by atoms with Crippen LogP contribution in [0.1, 0.15) is 12.5 Å². The average Bonchev–Trinajstić information content (AvgIpc) is 2.69. The normalized spacial score (nSPS) is 16.2. The van der Waals surface area contributed by atoms with Gasteiger partial charge in [-0.3, -0.25) is 9.69 Å². The summed E-state index contributed by atoms with van der Waals surface area (Å²) in [5.74, 6) is 1.15. The highest BCUT2D eigenvalue weighted by Gasteiger charge is 2.16. The van der Waals surface area contributed by atoms with Crippen molar-refractivity contribution in [2.75, 3.05) is 46.6 Å².